The van der Waals surface area contributed by atoms with Gasteiger partial charge < -0.3 is 5.32 Å². The van der Waals surface area contributed by atoms with Crippen molar-refractivity contribution < 1.29 is 4.79 Å². The maximum atomic E-state index is 12.8. The number of carbonyl (C=O) groups is 1. The van der Waals surface area contributed by atoms with Crippen LogP contribution in [0.1, 0.15) is 23.0 Å². The first-order valence-electron chi connectivity index (χ1n) is 8.95. The number of H-pyrrole nitrogens is 1. The topological polar surface area (TPSA) is 92.7 Å². The van der Waals surface area contributed by atoms with Crippen molar-refractivity contribution in [2.45, 2.75) is 13.3 Å². The van der Waals surface area contributed by atoms with E-state index in [1.165, 1.54) is 28.2 Å². The fraction of sp³-hybridized carbons (Fsp3) is 0.100. The van der Waals surface area contributed by atoms with E-state index in [-0.39, 0.29) is 22.1 Å². The number of aromatic amines is 1. The van der Waals surface area contributed by atoms with Crippen molar-refractivity contribution in [1.82, 2.24) is 19.7 Å². The second kappa shape index (κ2) is 8.43. The molecule has 0 unspecified atom stereocenters. The van der Waals surface area contributed by atoms with E-state index in [1.54, 1.807) is 18.2 Å². The highest BCUT2D eigenvalue weighted by Crippen LogP contribution is 2.28. The smallest absolute Gasteiger partial charge is 0.258 e. The lowest BCUT2D eigenvalue weighted by Crippen LogP contribution is -2.19. The molecule has 2 N–H and O–H groups in total. The molecule has 0 spiro atoms. The van der Waals surface area contributed by atoms with Gasteiger partial charge in [-0.3, -0.25) is 14.6 Å². The molecule has 0 atom stereocenters. The van der Waals surface area contributed by atoms with E-state index in [4.69, 9.17) is 23.2 Å². The molecule has 4 aromatic rings. The highest BCUT2D eigenvalue weighted by Gasteiger charge is 2.18. The van der Waals surface area contributed by atoms with Gasteiger partial charge in [-0.05, 0) is 36.1 Å². The van der Waals surface area contributed by atoms with Crippen LogP contribution in [0.4, 0.5) is 5.82 Å². The zero-order valence-electron chi connectivity index (χ0n) is 15.6. The molecule has 0 fully saturated rings. The van der Waals surface area contributed by atoms with Crippen LogP contribution in [-0.2, 0) is 6.42 Å². The first kappa shape index (κ1) is 20.3. The Kier molecular flexibility index (Phi) is 5.72. The molecule has 3 aromatic heterocycles. The van der Waals surface area contributed by atoms with Crippen LogP contribution in [0, 0.1) is 0 Å². The molecule has 0 saturated heterocycles. The molecule has 0 aliphatic rings. The lowest BCUT2D eigenvalue weighted by atomic mass is 10.2. The summed E-state index contributed by atoms with van der Waals surface area (Å²) in [5.41, 5.74) is 1.20. The van der Waals surface area contributed by atoms with Crippen LogP contribution >= 0.6 is 34.5 Å². The number of thiophene rings is 1. The van der Waals surface area contributed by atoms with Gasteiger partial charge in [0.25, 0.3) is 11.5 Å². The standard InChI is InChI=1S/C20H15Cl2N5O2S/c1-2-12-9-18(28)25-20(23-12)27-17(10-15(26-27)16-4-3-7-30-16)24-19(29)13-6-5-11(21)8-14(13)22/h3-10H,2H2,1H3,(H,24,29)(H,23,25,28). The van der Waals surface area contributed by atoms with E-state index < -0.39 is 5.91 Å². The van der Waals surface area contributed by atoms with E-state index >= 15 is 0 Å². The summed E-state index contributed by atoms with van der Waals surface area (Å²) < 4.78 is 1.40. The van der Waals surface area contributed by atoms with Crippen molar-refractivity contribution in [3.05, 3.63) is 79.5 Å². The van der Waals surface area contributed by atoms with Gasteiger partial charge in [0.1, 0.15) is 11.5 Å². The first-order chi connectivity index (χ1) is 14.4. The Morgan fingerprint density at radius 2 is 2.07 bits per heavy atom. The molecular formula is C20H15Cl2N5O2S. The molecular weight excluding hydrogens is 445 g/mol. The lowest BCUT2D eigenvalue weighted by Gasteiger charge is -2.09. The average Bonchev–Trinajstić information content (AvgIpc) is 3.37. The summed E-state index contributed by atoms with van der Waals surface area (Å²) in [6.07, 6.45) is 0.581. The Morgan fingerprint density at radius 3 is 2.77 bits per heavy atom. The van der Waals surface area contributed by atoms with Gasteiger partial charge in [0.05, 0.1) is 15.5 Å². The maximum absolute atomic E-state index is 12.8. The van der Waals surface area contributed by atoms with Crippen LogP contribution in [-0.4, -0.2) is 25.7 Å². The van der Waals surface area contributed by atoms with Crippen LogP contribution in [0.2, 0.25) is 10.0 Å². The number of carbonyl (C=O) groups excluding carboxylic acids is 1. The van der Waals surface area contributed by atoms with Crippen LogP contribution in [0.15, 0.2) is 52.6 Å². The fourth-order valence-electron chi connectivity index (χ4n) is 2.81. The van der Waals surface area contributed by atoms with E-state index in [1.807, 2.05) is 24.4 Å². The molecule has 0 radical (unpaired) electrons. The number of rotatable bonds is 5. The fourth-order valence-corrected chi connectivity index (χ4v) is 3.98. The summed E-state index contributed by atoms with van der Waals surface area (Å²) in [6.45, 7) is 1.90. The predicted molar refractivity (Wildman–Crippen MR) is 119 cm³/mol. The number of hydrogen-bond donors (Lipinski definition) is 2. The van der Waals surface area contributed by atoms with E-state index in [0.717, 1.165) is 4.88 Å². The predicted octanol–water partition coefficient (Wildman–Crippen LogP) is 4.81. The molecule has 152 valence electrons. The Morgan fingerprint density at radius 1 is 1.23 bits per heavy atom. The summed E-state index contributed by atoms with van der Waals surface area (Å²) in [5.74, 6) is 0.106. The van der Waals surface area contributed by atoms with Crippen molar-refractivity contribution in [1.29, 1.82) is 0 Å². The van der Waals surface area contributed by atoms with Gasteiger partial charge in [0.15, 0.2) is 0 Å². The minimum absolute atomic E-state index is 0.208. The normalized spacial score (nSPS) is 10.9. The number of nitrogens with one attached hydrogen (secondary N) is 2. The molecule has 3 heterocycles. The van der Waals surface area contributed by atoms with Crippen LogP contribution in [0.3, 0.4) is 0 Å². The van der Waals surface area contributed by atoms with E-state index in [2.05, 4.69) is 20.4 Å². The van der Waals surface area contributed by atoms with E-state index in [9.17, 15) is 9.59 Å². The number of aryl methyl sites for hydroxylation is 1. The highest BCUT2D eigenvalue weighted by molar-refractivity contribution is 7.13. The van der Waals surface area contributed by atoms with Crippen molar-refractivity contribution in [2.75, 3.05) is 5.32 Å². The Balaban J connectivity index is 1.79. The third kappa shape index (κ3) is 4.16. The molecule has 0 saturated carbocycles. The molecule has 30 heavy (non-hydrogen) atoms. The SMILES string of the molecule is CCc1cc(=O)[nH]c(-n2nc(-c3cccs3)cc2NC(=O)c2ccc(Cl)cc2Cl)n1. The van der Waals surface area contributed by atoms with Gasteiger partial charge in [0, 0.05) is 22.8 Å². The van der Waals surface area contributed by atoms with Crippen LogP contribution < -0.4 is 10.9 Å². The second-order valence-corrected chi connectivity index (χ2v) is 8.09. The Labute approximate surface area is 185 Å². The molecule has 0 bridgehead atoms. The first-order valence-corrected chi connectivity index (χ1v) is 10.6. The summed E-state index contributed by atoms with van der Waals surface area (Å²) in [7, 11) is 0. The second-order valence-electron chi connectivity index (χ2n) is 6.30. The Hall–Kier alpha value is -2.94. The number of aromatic nitrogens is 4. The van der Waals surface area contributed by atoms with Gasteiger partial charge >= 0.3 is 0 Å². The van der Waals surface area contributed by atoms with Gasteiger partial charge in [0.2, 0.25) is 5.95 Å². The van der Waals surface area contributed by atoms with Gasteiger partial charge in [-0.25, -0.2) is 4.98 Å². The average molecular weight is 460 g/mol. The summed E-state index contributed by atoms with van der Waals surface area (Å²) in [4.78, 5) is 32.9. The van der Waals surface area contributed by atoms with Crippen molar-refractivity contribution in [3.8, 4) is 16.5 Å². The zero-order valence-corrected chi connectivity index (χ0v) is 18.0. The van der Waals surface area contributed by atoms with Crippen molar-refractivity contribution in [3.63, 3.8) is 0 Å². The van der Waals surface area contributed by atoms with Crippen LogP contribution in [0.25, 0.3) is 16.5 Å². The monoisotopic (exact) mass is 459 g/mol. The minimum Gasteiger partial charge on any atom is -0.306 e. The zero-order chi connectivity index (χ0) is 21.3. The molecule has 1 amide bonds. The number of halogens is 2. The summed E-state index contributed by atoms with van der Waals surface area (Å²) >= 11 is 13.6. The lowest BCUT2D eigenvalue weighted by molar-refractivity contribution is 0.102. The van der Waals surface area contributed by atoms with Crippen molar-refractivity contribution >= 4 is 46.3 Å². The molecule has 4 rings (SSSR count). The number of anilines is 1. The van der Waals surface area contributed by atoms with Gasteiger partial charge in [-0.2, -0.15) is 9.78 Å². The van der Waals surface area contributed by atoms with Gasteiger partial charge in [-0.15, -0.1) is 11.3 Å². The third-order valence-corrected chi connectivity index (χ3v) is 5.69. The maximum Gasteiger partial charge on any atom is 0.258 e. The largest absolute Gasteiger partial charge is 0.306 e. The molecule has 7 nitrogen and oxygen atoms in total. The summed E-state index contributed by atoms with van der Waals surface area (Å²) in [6, 6.07) is 11.6. The minimum atomic E-state index is -0.440. The van der Waals surface area contributed by atoms with E-state index in [0.29, 0.717) is 28.6 Å². The third-order valence-electron chi connectivity index (χ3n) is 4.25. The molecule has 1 aromatic carbocycles. The number of nitrogens with zero attached hydrogens (tertiary/aromatic N) is 3. The molecule has 0 aliphatic carbocycles. The Bertz CT molecular complexity index is 1280. The highest BCUT2D eigenvalue weighted by atomic mass is 35.5. The molecule has 0 aliphatic heterocycles. The number of benzene rings is 1. The van der Waals surface area contributed by atoms with Gasteiger partial charge in [-0.1, -0.05) is 36.2 Å². The molecule has 10 heteroatoms. The number of amides is 1. The summed E-state index contributed by atoms with van der Waals surface area (Å²) in [5, 5.41) is 9.93. The van der Waals surface area contributed by atoms with Crippen molar-refractivity contribution in [2.24, 2.45) is 0 Å². The quantitative estimate of drug-likeness (QED) is 0.447. The number of hydrogen-bond acceptors (Lipinski definition) is 5. The van der Waals surface area contributed by atoms with Crippen LogP contribution in [0.5, 0.6) is 0 Å².